The standard InChI is InChI=1S/C18H10BrF9N2O/c19-29-13-3-1-9(2-4-13)14-8-15(31-30-14,18(26,27)28)10-5-11(16(20,21)22)7-12(6-10)17(23,24)25/h1-7,29H,8H2. The van der Waals surface area contributed by atoms with E-state index < -0.39 is 47.2 Å². The summed E-state index contributed by atoms with van der Waals surface area (Å²) >= 11 is 2.95. The Kier molecular flexibility index (Phi) is 5.70. The first-order chi connectivity index (χ1) is 14.2. The second-order valence-electron chi connectivity index (χ2n) is 6.60. The average molecular weight is 521 g/mol. The minimum Gasteiger partial charge on any atom is -0.374 e. The van der Waals surface area contributed by atoms with Crippen molar-refractivity contribution in [3.8, 4) is 0 Å². The first-order valence-corrected chi connectivity index (χ1v) is 9.05. The van der Waals surface area contributed by atoms with Crippen LogP contribution in [0.4, 0.5) is 45.2 Å². The molecule has 0 saturated carbocycles. The number of benzene rings is 2. The van der Waals surface area contributed by atoms with E-state index in [0.29, 0.717) is 5.69 Å². The highest BCUT2D eigenvalue weighted by Gasteiger charge is 2.63. The van der Waals surface area contributed by atoms with Gasteiger partial charge in [0.05, 0.1) is 16.8 Å². The molecule has 168 valence electrons. The van der Waals surface area contributed by atoms with Gasteiger partial charge < -0.3 is 9.18 Å². The van der Waals surface area contributed by atoms with E-state index in [1.165, 1.54) is 24.3 Å². The van der Waals surface area contributed by atoms with Crippen LogP contribution in [0.3, 0.4) is 0 Å². The molecule has 1 aliphatic heterocycles. The zero-order valence-corrected chi connectivity index (χ0v) is 16.5. The quantitative estimate of drug-likeness (QED) is 0.348. The minimum absolute atomic E-state index is 0.000949. The van der Waals surface area contributed by atoms with Crippen molar-refractivity contribution in [2.24, 2.45) is 5.16 Å². The van der Waals surface area contributed by atoms with Crippen molar-refractivity contribution in [2.75, 3.05) is 4.34 Å². The van der Waals surface area contributed by atoms with Gasteiger partial charge in [-0.1, -0.05) is 17.3 Å². The molecule has 0 fully saturated rings. The lowest BCUT2D eigenvalue weighted by Crippen LogP contribution is -2.43. The van der Waals surface area contributed by atoms with E-state index in [2.05, 4.69) is 30.5 Å². The average Bonchev–Trinajstić information content (AvgIpc) is 3.13. The predicted molar refractivity (Wildman–Crippen MR) is 95.4 cm³/mol. The topological polar surface area (TPSA) is 33.6 Å². The Morgan fingerprint density at radius 3 is 1.77 bits per heavy atom. The summed E-state index contributed by atoms with van der Waals surface area (Å²) < 4.78 is 123. The number of halogens is 10. The number of rotatable bonds is 3. The molecule has 1 heterocycles. The zero-order valence-electron chi connectivity index (χ0n) is 14.9. The minimum atomic E-state index is -5.37. The summed E-state index contributed by atoms with van der Waals surface area (Å²) in [6.07, 6.45) is -17.1. The van der Waals surface area contributed by atoms with Crippen molar-refractivity contribution in [3.63, 3.8) is 0 Å². The molecule has 0 saturated heterocycles. The van der Waals surface area contributed by atoms with Crippen molar-refractivity contribution in [1.82, 2.24) is 0 Å². The number of oxime groups is 1. The maximum Gasteiger partial charge on any atom is 0.435 e. The van der Waals surface area contributed by atoms with Crippen molar-refractivity contribution in [3.05, 3.63) is 64.7 Å². The van der Waals surface area contributed by atoms with E-state index in [1.807, 2.05) is 0 Å². The molecule has 13 heteroatoms. The van der Waals surface area contributed by atoms with Gasteiger partial charge in [-0.25, -0.2) is 0 Å². The maximum absolute atomic E-state index is 14.0. The lowest BCUT2D eigenvalue weighted by atomic mass is 9.84. The number of anilines is 1. The Morgan fingerprint density at radius 1 is 0.839 bits per heavy atom. The molecule has 0 radical (unpaired) electrons. The van der Waals surface area contributed by atoms with Gasteiger partial charge in [0.15, 0.2) is 0 Å². The van der Waals surface area contributed by atoms with Crippen LogP contribution in [-0.2, 0) is 22.8 Å². The molecule has 0 bridgehead atoms. The third-order valence-corrected chi connectivity index (χ3v) is 5.03. The fourth-order valence-corrected chi connectivity index (χ4v) is 3.24. The molecular weight excluding hydrogens is 511 g/mol. The molecule has 0 aliphatic carbocycles. The molecule has 2 aromatic rings. The number of hydrogen-bond donors (Lipinski definition) is 1. The highest BCUT2D eigenvalue weighted by Crippen LogP contribution is 2.50. The van der Waals surface area contributed by atoms with Gasteiger partial charge in [-0.05, 0) is 35.9 Å². The third kappa shape index (κ3) is 4.46. The molecule has 31 heavy (non-hydrogen) atoms. The van der Waals surface area contributed by atoms with Crippen molar-refractivity contribution in [1.29, 1.82) is 0 Å². The largest absolute Gasteiger partial charge is 0.435 e. The molecular formula is C18H10BrF9N2O. The van der Waals surface area contributed by atoms with E-state index in [9.17, 15) is 39.5 Å². The van der Waals surface area contributed by atoms with Crippen molar-refractivity contribution >= 4 is 27.5 Å². The summed E-state index contributed by atoms with van der Waals surface area (Å²) in [5.74, 6) is 0. The number of nitrogens with zero attached hydrogens (tertiary/aromatic N) is 1. The number of nitrogens with one attached hydrogen (secondary N) is 1. The molecule has 0 aromatic heterocycles. The summed E-state index contributed by atoms with van der Waals surface area (Å²) in [6, 6.07) is 5.41. The van der Waals surface area contributed by atoms with Crippen LogP contribution in [0.15, 0.2) is 47.6 Å². The number of alkyl halides is 9. The summed E-state index contributed by atoms with van der Waals surface area (Å²) in [7, 11) is 0. The summed E-state index contributed by atoms with van der Waals surface area (Å²) in [5, 5.41) is 3.34. The van der Waals surface area contributed by atoms with E-state index in [4.69, 9.17) is 0 Å². The Hall–Kier alpha value is -2.44. The molecule has 1 unspecified atom stereocenters. The lowest BCUT2D eigenvalue weighted by Gasteiger charge is -2.30. The first kappa shape index (κ1) is 23.2. The summed E-state index contributed by atoms with van der Waals surface area (Å²) in [6.45, 7) is 0. The highest BCUT2D eigenvalue weighted by molar-refractivity contribution is 9.10. The predicted octanol–water partition coefficient (Wildman–Crippen LogP) is 7.03. The first-order valence-electron chi connectivity index (χ1n) is 8.26. The van der Waals surface area contributed by atoms with Crippen molar-refractivity contribution < 1.29 is 44.4 Å². The molecule has 0 spiro atoms. The SMILES string of the molecule is FC(F)(F)c1cc(C(F)(F)F)cc(C2(C(F)(F)F)CC(c3ccc(NBr)cc3)=NO2)c1. The Balaban J connectivity index is 2.12. The van der Waals surface area contributed by atoms with Gasteiger partial charge >= 0.3 is 18.5 Å². The Morgan fingerprint density at radius 2 is 1.35 bits per heavy atom. The zero-order chi connectivity index (χ0) is 23.2. The molecule has 1 atom stereocenters. The maximum atomic E-state index is 14.0. The van der Waals surface area contributed by atoms with Gasteiger partial charge in [0.1, 0.15) is 0 Å². The van der Waals surface area contributed by atoms with Crippen LogP contribution >= 0.6 is 16.1 Å². The molecule has 1 aliphatic rings. The fourth-order valence-electron chi connectivity index (χ4n) is 2.97. The van der Waals surface area contributed by atoms with Crippen LogP contribution in [0.25, 0.3) is 0 Å². The normalized spacial score (nSPS) is 19.7. The third-order valence-electron chi connectivity index (χ3n) is 4.57. The lowest BCUT2D eigenvalue weighted by molar-refractivity contribution is -0.276. The van der Waals surface area contributed by atoms with Gasteiger partial charge in [0.2, 0.25) is 0 Å². The van der Waals surface area contributed by atoms with Crippen LogP contribution < -0.4 is 4.34 Å². The van der Waals surface area contributed by atoms with E-state index >= 15 is 0 Å². The summed E-state index contributed by atoms with van der Waals surface area (Å²) in [4.78, 5) is 4.55. The van der Waals surface area contributed by atoms with Crippen LogP contribution in [0.2, 0.25) is 0 Å². The Bertz CT molecular complexity index is 965. The van der Waals surface area contributed by atoms with Crippen molar-refractivity contribution in [2.45, 2.75) is 30.6 Å². The van der Waals surface area contributed by atoms with E-state index in [-0.39, 0.29) is 29.5 Å². The monoisotopic (exact) mass is 520 g/mol. The summed E-state index contributed by atoms with van der Waals surface area (Å²) in [5.41, 5.74) is -8.23. The number of hydrogen-bond acceptors (Lipinski definition) is 3. The van der Waals surface area contributed by atoms with E-state index in [1.54, 1.807) is 0 Å². The Labute approximate surface area is 177 Å². The molecule has 2 aromatic carbocycles. The molecule has 1 N–H and O–H groups in total. The van der Waals surface area contributed by atoms with Gasteiger partial charge in [0.25, 0.3) is 5.60 Å². The highest BCUT2D eigenvalue weighted by atomic mass is 79.9. The molecule has 0 amide bonds. The van der Waals surface area contributed by atoms with Crippen LogP contribution in [0, 0.1) is 0 Å². The van der Waals surface area contributed by atoms with Crippen LogP contribution in [-0.4, -0.2) is 11.9 Å². The van der Waals surface area contributed by atoms with Gasteiger partial charge in [-0.3, -0.25) is 0 Å². The van der Waals surface area contributed by atoms with Crippen LogP contribution in [0.5, 0.6) is 0 Å². The molecule has 3 nitrogen and oxygen atoms in total. The molecule has 3 rings (SSSR count). The van der Waals surface area contributed by atoms with Gasteiger partial charge in [-0.2, -0.15) is 39.5 Å². The second kappa shape index (κ2) is 7.61. The van der Waals surface area contributed by atoms with Crippen LogP contribution in [0.1, 0.15) is 28.7 Å². The van der Waals surface area contributed by atoms with Gasteiger partial charge in [0, 0.05) is 33.8 Å². The smallest absolute Gasteiger partial charge is 0.374 e. The fraction of sp³-hybridized carbons (Fsp3) is 0.278. The van der Waals surface area contributed by atoms with E-state index in [0.717, 1.165) is 0 Å². The van der Waals surface area contributed by atoms with Gasteiger partial charge in [-0.15, -0.1) is 0 Å². The second-order valence-corrected chi connectivity index (χ2v) is 6.99.